The first-order chi connectivity index (χ1) is 11.9. The maximum absolute atomic E-state index is 11.6. The van der Waals surface area contributed by atoms with Gasteiger partial charge in [-0.15, -0.1) is 11.8 Å². The summed E-state index contributed by atoms with van der Waals surface area (Å²) < 4.78 is 14.8. The van der Waals surface area contributed by atoms with E-state index in [0.717, 1.165) is 5.56 Å². The van der Waals surface area contributed by atoms with Gasteiger partial charge in [-0.05, 0) is 17.7 Å². The van der Waals surface area contributed by atoms with E-state index in [4.69, 9.17) is 14.2 Å². The van der Waals surface area contributed by atoms with Gasteiger partial charge in [0.25, 0.3) is 0 Å². The molecule has 2 rings (SSSR count). The highest BCUT2D eigenvalue weighted by atomic mass is 32.2. The lowest BCUT2D eigenvalue weighted by atomic mass is 10.2. The third kappa shape index (κ3) is 6.06. The van der Waals surface area contributed by atoms with Crippen LogP contribution in [0.4, 0.5) is 0 Å². The van der Waals surface area contributed by atoms with E-state index in [0.29, 0.717) is 5.75 Å². The van der Waals surface area contributed by atoms with Gasteiger partial charge >= 0.3 is 17.9 Å². The molecule has 2 unspecified atom stereocenters. The molecule has 1 aliphatic heterocycles. The molecule has 0 aliphatic carbocycles. The average molecular weight is 369 g/mol. The molecule has 1 aliphatic rings. The van der Waals surface area contributed by atoms with E-state index in [1.54, 1.807) is 18.2 Å². The summed E-state index contributed by atoms with van der Waals surface area (Å²) in [7, 11) is 1.34. The smallest absolute Gasteiger partial charge is 0.323 e. The molecule has 2 atom stereocenters. The van der Waals surface area contributed by atoms with Gasteiger partial charge < -0.3 is 14.2 Å². The van der Waals surface area contributed by atoms with Crippen LogP contribution in [0.25, 0.3) is 0 Å². The largest absolute Gasteiger partial charge is 0.468 e. The summed E-state index contributed by atoms with van der Waals surface area (Å²) in [5.74, 6) is -0.443. The van der Waals surface area contributed by atoms with Gasteiger partial charge in [-0.2, -0.15) is 0 Å². The molecule has 1 N–H and O–H groups in total. The van der Waals surface area contributed by atoms with Gasteiger partial charge in [0.2, 0.25) is 0 Å². The number of carbonyl (C=O) groups is 3. The first kappa shape index (κ1) is 21.0. The average Bonchev–Trinajstić information content (AvgIpc) is 3.06. The molecule has 8 heteroatoms. The molecule has 1 heterocycles. The number of methoxy groups -OCH3 is 1. The van der Waals surface area contributed by atoms with Gasteiger partial charge in [-0.1, -0.05) is 19.9 Å². The number of thioether (sulfide) groups is 1. The summed E-state index contributed by atoms with van der Waals surface area (Å²) in [5.41, 5.74) is 0.800. The van der Waals surface area contributed by atoms with Gasteiger partial charge in [0.15, 0.2) is 11.5 Å². The number of ether oxygens (including phenoxy) is 3. The van der Waals surface area contributed by atoms with Crippen LogP contribution in [0, 0.1) is 0 Å². The van der Waals surface area contributed by atoms with Crippen LogP contribution in [-0.4, -0.2) is 36.8 Å². The van der Waals surface area contributed by atoms with Crippen molar-refractivity contribution in [1.82, 2.24) is 5.32 Å². The van der Waals surface area contributed by atoms with Crippen molar-refractivity contribution in [2.45, 2.75) is 39.1 Å². The Morgan fingerprint density at radius 2 is 1.68 bits per heavy atom. The molecule has 25 heavy (non-hydrogen) atoms. The van der Waals surface area contributed by atoms with Crippen LogP contribution in [0.5, 0.6) is 11.5 Å². The molecule has 0 bridgehead atoms. The zero-order chi connectivity index (χ0) is 19.0. The van der Waals surface area contributed by atoms with Gasteiger partial charge in [-0.3, -0.25) is 19.7 Å². The third-order valence-corrected chi connectivity index (χ3v) is 4.31. The van der Waals surface area contributed by atoms with Crippen LogP contribution in [0.15, 0.2) is 18.2 Å². The van der Waals surface area contributed by atoms with Crippen LogP contribution in [-0.2, 0) is 19.1 Å². The molecule has 1 aromatic rings. The Hall–Kier alpha value is -2.06. The Balaban J connectivity index is 0.00000151. The van der Waals surface area contributed by atoms with Crippen molar-refractivity contribution in [2.75, 3.05) is 12.9 Å². The first-order valence-corrected chi connectivity index (χ1v) is 8.92. The minimum absolute atomic E-state index is 0.153. The molecule has 1 aromatic carbocycles. The molecule has 0 amide bonds. The molecule has 0 radical (unpaired) electrons. The van der Waals surface area contributed by atoms with Crippen molar-refractivity contribution in [3.63, 3.8) is 0 Å². The van der Waals surface area contributed by atoms with Crippen LogP contribution in [0.1, 0.15) is 38.6 Å². The lowest BCUT2D eigenvalue weighted by molar-refractivity contribution is -0.142. The van der Waals surface area contributed by atoms with Crippen LogP contribution >= 0.6 is 11.8 Å². The van der Waals surface area contributed by atoms with Gasteiger partial charge in [0.05, 0.1) is 12.5 Å². The van der Waals surface area contributed by atoms with Crippen LogP contribution < -0.4 is 14.8 Å². The lowest BCUT2D eigenvalue weighted by Crippen LogP contribution is -2.34. The number of hydrogen-bond donors (Lipinski definition) is 1. The Kier molecular flexibility index (Phi) is 8.44. The summed E-state index contributed by atoms with van der Waals surface area (Å²) in [4.78, 5) is 33.9. The third-order valence-electron chi connectivity index (χ3n) is 3.05. The van der Waals surface area contributed by atoms with Crippen molar-refractivity contribution < 1.29 is 28.6 Å². The van der Waals surface area contributed by atoms with Crippen molar-refractivity contribution in [3.8, 4) is 11.5 Å². The highest BCUT2D eigenvalue weighted by Gasteiger charge is 2.31. The minimum Gasteiger partial charge on any atom is -0.468 e. The number of benzene rings is 1. The predicted molar refractivity (Wildman–Crippen MR) is 94.5 cm³/mol. The summed E-state index contributed by atoms with van der Waals surface area (Å²) in [6.45, 7) is 6.53. The van der Waals surface area contributed by atoms with E-state index < -0.39 is 11.9 Å². The summed E-state index contributed by atoms with van der Waals surface area (Å²) in [6.07, 6.45) is 0. The number of esters is 3. The molecule has 0 saturated carbocycles. The van der Waals surface area contributed by atoms with Crippen molar-refractivity contribution >= 4 is 29.7 Å². The second kappa shape index (κ2) is 10.0. The van der Waals surface area contributed by atoms with Crippen molar-refractivity contribution in [2.24, 2.45) is 0 Å². The standard InChI is InChI=1S/C15H17NO6S.C2H6/c1-8(17)21-12-5-4-10(6-13(12)22-9(2)18)14-16-11(7-23-14)15(19)20-3;1-2/h4-6,11,14,16H,7H2,1-3H3;1-2H3. The zero-order valence-electron chi connectivity index (χ0n) is 15.0. The topological polar surface area (TPSA) is 90.9 Å². The van der Waals surface area contributed by atoms with E-state index in [1.807, 2.05) is 13.8 Å². The van der Waals surface area contributed by atoms with E-state index in [-0.39, 0.29) is 28.9 Å². The molecule has 138 valence electrons. The zero-order valence-corrected chi connectivity index (χ0v) is 15.8. The number of nitrogens with one attached hydrogen (secondary N) is 1. The second-order valence-electron chi connectivity index (χ2n) is 4.85. The number of carbonyl (C=O) groups excluding carboxylic acids is 3. The van der Waals surface area contributed by atoms with E-state index in [1.165, 1.54) is 32.7 Å². The summed E-state index contributed by atoms with van der Waals surface area (Å²) >= 11 is 1.53. The Bertz CT molecular complexity index is 634. The number of hydrogen-bond acceptors (Lipinski definition) is 8. The molecule has 7 nitrogen and oxygen atoms in total. The van der Waals surface area contributed by atoms with Crippen LogP contribution in [0.3, 0.4) is 0 Å². The molecule has 1 fully saturated rings. The minimum atomic E-state index is -0.518. The van der Waals surface area contributed by atoms with Gasteiger partial charge in [-0.25, -0.2) is 0 Å². The lowest BCUT2D eigenvalue weighted by Gasteiger charge is -2.15. The van der Waals surface area contributed by atoms with Gasteiger partial charge in [0, 0.05) is 19.6 Å². The SMILES string of the molecule is CC.COC(=O)C1CSC(c2ccc(OC(C)=O)c(OC(C)=O)c2)N1. The fraction of sp³-hybridized carbons (Fsp3) is 0.471. The Labute approximate surface area is 151 Å². The Morgan fingerprint density at radius 1 is 1.08 bits per heavy atom. The summed E-state index contributed by atoms with van der Waals surface area (Å²) in [5, 5.41) is 2.99. The normalized spacial score (nSPS) is 18.6. The highest BCUT2D eigenvalue weighted by molar-refractivity contribution is 7.99. The van der Waals surface area contributed by atoms with Gasteiger partial charge in [0.1, 0.15) is 6.04 Å². The Morgan fingerprint density at radius 3 is 2.24 bits per heavy atom. The van der Waals surface area contributed by atoms with Crippen molar-refractivity contribution in [3.05, 3.63) is 23.8 Å². The molecule has 1 saturated heterocycles. The summed E-state index contributed by atoms with van der Waals surface area (Å²) in [6, 6.07) is 4.53. The molecular weight excluding hydrogens is 346 g/mol. The monoisotopic (exact) mass is 369 g/mol. The second-order valence-corrected chi connectivity index (χ2v) is 5.99. The van der Waals surface area contributed by atoms with E-state index >= 15 is 0 Å². The predicted octanol–water partition coefficient (Wildman–Crippen LogP) is 2.44. The van der Waals surface area contributed by atoms with E-state index in [2.05, 4.69) is 5.32 Å². The highest BCUT2D eigenvalue weighted by Crippen LogP contribution is 2.37. The maximum Gasteiger partial charge on any atom is 0.323 e. The fourth-order valence-electron chi connectivity index (χ4n) is 2.10. The molecule has 0 spiro atoms. The van der Waals surface area contributed by atoms with E-state index in [9.17, 15) is 14.4 Å². The maximum atomic E-state index is 11.6. The number of rotatable bonds is 4. The molecular formula is C17H23NO6S. The van der Waals surface area contributed by atoms with Crippen molar-refractivity contribution in [1.29, 1.82) is 0 Å². The quantitative estimate of drug-likeness (QED) is 0.639. The van der Waals surface area contributed by atoms with Crippen LogP contribution in [0.2, 0.25) is 0 Å². The first-order valence-electron chi connectivity index (χ1n) is 7.87. The molecule has 0 aromatic heterocycles. The fourth-order valence-corrected chi connectivity index (χ4v) is 3.32.